The normalized spacial score (nSPS) is 22.3. The van der Waals surface area contributed by atoms with Gasteiger partial charge < -0.3 is 5.32 Å². The molecule has 3 heteroatoms. The molecule has 0 radical (unpaired) electrons. The van der Waals surface area contributed by atoms with Gasteiger partial charge >= 0.3 is 0 Å². The van der Waals surface area contributed by atoms with Gasteiger partial charge in [0.25, 0.3) is 0 Å². The number of aromatic nitrogens is 1. The lowest BCUT2D eigenvalue weighted by Gasteiger charge is -2.13. The summed E-state index contributed by atoms with van der Waals surface area (Å²) < 4.78 is 0. The first-order valence-electron chi connectivity index (χ1n) is 5.69. The van der Waals surface area contributed by atoms with Crippen LogP contribution in [0.5, 0.6) is 0 Å². The lowest BCUT2D eigenvalue weighted by atomic mass is 9.98. The molecule has 1 fully saturated rings. The molecule has 1 aliphatic rings. The molecule has 0 amide bonds. The minimum absolute atomic E-state index is 0.187. The van der Waals surface area contributed by atoms with Crippen molar-refractivity contribution in [3.63, 3.8) is 0 Å². The maximum atomic E-state index is 4.70. The topological polar surface area (TPSA) is 24.9 Å². The van der Waals surface area contributed by atoms with Gasteiger partial charge in [-0.05, 0) is 26.3 Å². The number of nitrogens with zero attached hydrogens (tertiary/aromatic N) is 1. The maximum absolute atomic E-state index is 4.70. The minimum Gasteiger partial charge on any atom is -0.309 e. The van der Waals surface area contributed by atoms with Crippen LogP contribution in [0, 0.1) is 6.92 Å². The van der Waals surface area contributed by atoms with E-state index in [-0.39, 0.29) is 5.41 Å². The van der Waals surface area contributed by atoms with E-state index in [0.29, 0.717) is 6.04 Å². The standard InChI is InChI=1S/C12H20N2S/c1-8-10(9-6-5-7-13-9)15-11(14-8)12(2,3)4/h9,13H,5-7H2,1-4H3. The van der Waals surface area contributed by atoms with Crippen LogP contribution in [0.4, 0.5) is 0 Å². The highest BCUT2D eigenvalue weighted by atomic mass is 32.1. The highest BCUT2D eigenvalue weighted by molar-refractivity contribution is 7.12. The van der Waals surface area contributed by atoms with E-state index in [2.05, 4.69) is 33.0 Å². The van der Waals surface area contributed by atoms with Crippen molar-refractivity contribution >= 4 is 11.3 Å². The van der Waals surface area contributed by atoms with Crippen LogP contribution in [0.1, 0.15) is 55.2 Å². The Morgan fingerprint density at radius 1 is 1.40 bits per heavy atom. The molecule has 1 aromatic rings. The Hall–Kier alpha value is -0.410. The SMILES string of the molecule is Cc1nc(C(C)(C)C)sc1C1CCCN1. The highest BCUT2D eigenvalue weighted by Gasteiger charge is 2.25. The van der Waals surface area contributed by atoms with Gasteiger partial charge in [-0.25, -0.2) is 4.98 Å². The van der Waals surface area contributed by atoms with Crippen molar-refractivity contribution in [1.29, 1.82) is 0 Å². The zero-order valence-corrected chi connectivity index (χ0v) is 10.9. The fraction of sp³-hybridized carbons (Fsp3) is 0.750. The van der Waals surface area contributed by atoms with Crippen LogP contribution >= 0.6 is 11.3 Å². The molecule has 1 unspecified atom stereocenters. The number of hydrogen-bond donors (Lipinski definition) is 1. The van der Waals surface area contributed by atoms with Crippen LogP contribution in [-0.2, 0) is 5.41 Å². The van der Waals surface area contributed by atoms with Crippen LogP contribution in [0.15, 0.2) is 0 Å². The second kappa shape index (κ2) is 3.87. The third kappa shape index (κ3) is 2.23. The lowest BCUT2D eigenvalue weighted by molar-refractivity contribution is 0.584. The Morgan fingerprint density at radius 2 is 2.13 bits per heavy atom. The van der Waals surface area contributed by atoms with E-state index >= 15 is 0 Å². The Morgan fingerprint density at radius 3 is 2.60 bits per heavy atom. The van der Waals surface area contributed by atoms with E-state index in [9.17, 15) is 0 Å². The van der Waals surface area contributed by atoms with E-state index in [1.54, 1.807) is 0 Å². The Balaban J connectivity index is 2.29. The van der Waals surface area contributed by atoms with E-state index in [4.69, 9.17) is 4.98 Å². The molecule has 1 saturated heterocycles. The summed E-state index contributed by atoms with van der Waals surface area (Å²) in [5.41, 5.74) is 1.41. The van der Waals surface area contributed by atoms with Gasteiger partial charge in [-0.1, -0.05) is 20.8 Å². The lowest BCUT2D eigenvalue weighted by Crippen LogP contribution is -2.12. The van der Waals surface area contributed by atoms with Crippen molar-refractivity contribution in [1.82, 2.24) is 10.3 Å². The monoisotopic (exact) mass is 224 g/mol. The molecule has 0 saturated carbocycles. The van der Waals surface area contributed by atoms with Crippen LogP contribution < -0.4 is 5.32 Å². The molecule has 2 nitrogen and oxygen atoms in total. The van der Waals surface area contributed by atoms with Crippen molar-refractivity contribution in [3.8, 4) is 0 Å². The highest BCUT2D eigenvalue weighted by Crippen LogP contribution is 2.35. The van der Waals surface area contributed by atoms with Gasteiger partial charge in [0, 0.05) is 16.3 Å². The van der Waals surface area contributed by atoms with E-state index in [0.717, 1.165) is 6.54 Å². The zero-order valence-electron chi connectivity index (χ0n) is 10.1. The summed E-state index contributed by atoms with van der Waals surface area (Å²) in [7, 11) is 0. The largest absolute Gasteiger partial charge is 0.309 e. The van der Waals surface area contributed by atoms with Gasteiger partial charge in [0.2, 0.25) is 0 Å². The fourth-order valence-corrected chi connectivity index (χ4v) is 3.19. The molecule has 1 atom stereocenters. The van der Waals surface area contributed by atoms with Crippen molar-refractivity contribution in [2.24, 2.45) is 0 Å². The number of rotatable bonds is 1. The van der Waals surface area contributed by atoms with Gasteiger partial charge in [0.15, 0.2) is 0 Å². The third-order valence-electron chi connectivity index (χ3n) is 2.85. The molecule has 1 N–H and O–H groups in total. The molecule has 15 heavy (non-hydrogen) atoms. The summed E-state index contributed by atoms with van der Waals surface area (Å²) in [6, 6.07) is 0.568. The average Bonchev–Trinajstić information content (AvgIpc) is 2.69. The van der Waals surface area contributed by atoms with Gasteiger partial charge in [-0.3, -0.25) is 0 Å². The summed E-state index contributed by atoms with van der Waals surface area (Å²) in [5, 5.41) is 4.82. The molecule has 0 bridgehead atoms. The van der Waals surface area contributed by atoms with E-state index in [1.807, 2.05) is 11.3 Å². The van der Waals surface area contributed by atoms with Crippen LogP contribution in [0.25, 0.3) is 0 Å². The van der Waals surface area contributed by atoms with Gasteiger partial charge in [-0.2, -0.15) is 0 Å². The quantitative estimate of drug-likeness (QED) is 0.792. The zero-order chi connectivity index (χ0) is 11.1. The van der Waals surface area contributed by atoms with Crippen LogP contribution in [0.3, 0.4) is 0 Å². The summed E-state index contributed by atoms with van der Waals surface area (Å²) in [5.74, 6) is 0. The molecular formula is C12H20N2S. The number of hydrogen-bond acceptors (Lipinski definition) is 3. The second-order valence-corrected chi connectivity index (χ2v) is 6.40. The van der Waals surface area contributed by atoms with Crippen LogP contribution in [-0.4, -0.2) is 11.5 Å². The first-order chi connectivity index (χ1) is 6.98. The first-order valence-corrected chi connectivity index (χ1v) is 6.51. The summed E-state index contributed by atoms with van der Waals surface area (Å²) in [6.45, 7) is 10.00. The average molecular weight is 224 g/mol. The van der Waals surface area contributed by atoms with Gasteiger partial charge in [0.1, 0.15) is 0 Å². The van der Waals surface area contributed by atoms with Crippen molar-refractivity contribution in [2.75, 3.05) is 6.54 Å². The molecule has 2 heterocycles. The van der Waals surface area contributed by atoms with Gasteiger partial charge in [0.05, 0.1) is 10.7 Å². The molecule has 1 aromatic heterocycles. The fourth-order valence-electron chi connectivity index (χ4n) is 1.96. The summed E-state index contributed by atoms with van der Waals surface area (Å²) in [4.78, 5) is 6.16. The maximum Gasteiger partial charge on any atom is 0.0985 e. The third-order valence-corrected chi connectivity index (χ3v) is 4.55. The molecular weight excluding hydrogens is 204 g/mol. The smallest absolute Gasteiger partial charge is 0.0985 e. The number of thiazole rings is 1. The molecule has 84 valence electrons. The Bertz CT molecular complexity index is 343. The summed E-state index contributed by atoms with van der Waals surface area (Å²) in [6.07, 6.45) is 2.57. The van der Waals surface area contributed by atoms with E-state index < -0.39 is 0 Å². The predicted molar refractivity (Wildman–Crippen MR) is 65.5 cm³/mol. The molecule has 0 aromatic carbocycles. The predicted octanol–water partition coefficient (Wildman–Crippen LogP) is 3.17. The molecule has 2 rings (SSSR count). The second-order valence-electron chi connectivity index (χ2n) is 5.37. The van der Waals surface area contributed by atoms with Crippen molar-refractivity contribution < 1.29 is 0 Å². The number of aryl methyl sites for hydroxylation is 1. The van der Waals surface area contributed by atoms with E-state index in [1.165, 1.54) is 28.4 Å². The van der Waals surface area contributed by atoms with Crippen molar-refractivity contribution in [2.45, 2.75) is 52.0 Å². The van der Waals surface area contributed by atoms with Crippen LogP contribution in [0.2, 0.25) is 0 Å². The Kier molecular flexibility index (Phi) is 2.86. The minimum atomic E-state index is 0.187. The van der Waals surface area contributed by atoms with Gasteiger partial charge in [-0.15, -0.1) is 11.3 Å². The number of nitrogens with one attached hydrogen (secondary N) is 1. The van der Waals surface area contributed by atoms with Crippen molar-refractivity contribution in [3.05, 3.63) is 15.6 Å². The molecule has 1 aliphatic heterocycles. The molecule has 0 aliphatic carbocycles. The Labute approximate surface area is 96.1 Å². The summed E-state index contributed by atoms with van der Waals surface area (Å²) >= 11 is 1.89. The molecule has 0 spiro atoms. The first kappa shape index (κ1) is 11.1.